The van der Waals surface area contributed by atoms with Crippen LogP contribution in [0.15, 0.2) is 6.07 Å². The highest BCUT2D eigenvalue weighted by molar-refractivity contribution is 7.30. The molecule has 0 aliphatic rings. The maximum Gasteiger partial charge on any atom is 0.488 e. The lowest BCUT2D eigenvalue weighted by molar-refractivity contribution is -0.186. The number of phenols is 1. The molecule has 0 radical (unpaired) electrons. The molecule has 0 aliphatic heterocycles. The van der Waals surface area contributed by atoms with Crippen LogP contribution in [0.25, 0.3) is 0 Å². The summed E-state index contributed by atoms with van der Waals surface area (Å²) in [6, 6.07) is 1.89. The van der Waals surface area contributed by atoms with Crippen LogP contribution in [0.1, 0.15) is 84.6 Å². The maximum absolute atomic E-state index is 11.0. The van der Waals surface area contributed by atoms with Gasteiger partial charge in [-0.1, -0.05) is 62.3 Å². The summed E-state index contributed by atoms with van der Waals surface area (Å²) in [6.45, 7) is 18.4. The fourth-order valence-electron chi connectivity index (χ4n) is 3.12. The summed E-state index contributed by atoms with van der Waals surface area (Å²) in [4.78, 5) is 10.9. The zero-order valence-electron chi connectivity index (χ0n) is 16.4. The first-order chi connectivity index (χ1) is 10.6. The highest BCUT2D eigenvalue weighted by Crippen LogP contribution is 2.46. The van der Waals surface area contributed by atoms with Crippen molar-refractivity contribution >= 4 is 8.25 Å². The third-order valence-electron chi connectivity index (χ3n) is 4.02. The summed E-state index contributed by atoms with van der Waals surface area (Å²) in [7, 11) is -2.92. The van der Waals surface area contributed by atoms with Crippen LogP contribution in [-0.4, -0.2) is 5.11 Å². The van der Waals surface area contributed by atoms with Gasteiger partial charge < -0.3 is 10.00 Å². The Morgan fingerprint density at radius 2 is 1.42 bits per heavy atom. The van der Waals surface area contributed by atoms with E-state index in [0.29, 0.717) is 5.75 Å². The van der Waals surface area contributed by atoms with Gasteiger partial charge in [-0.2, -0.15) is 0 Å². The Morgan fingerprint density at radius 3 is 1.75 bits per heavy atom. The number of rotatable bonds is 3. The molecule has 1 aromatic carbocycles. The molecule has 0 aliphatic carbocycles. The molecule has 1 aromatic rings. The van der Waals surface area contributed by atoms with Crippen LogP contribution in [0.4, 0.5) is 0 Å². The van der Waals surface area contributed by atoms with E-state index in [1.54, 1.807) is 0 Å². The minimum absolute atomic E-state index is 0.0161. The summed E-state index contributed by atoms with van der Waals surface area (Å²) < 4.78 is 15.8. The third-order valence-corrected chi connectivity index (χ3v) is 4.35. The zero-order chi connectivity index (χ0) is 19.1. The van der Waals surface area contributed by atoms with Gasteiger partial charge in [0.25, 0.3) is 0 Å². The predicted octanol–water partition coefficient (Wildman–Crippen LogP) is 4.82. The second-order valence-corrected chi connectivity index (χ2v) is 10.1. The lowest BCUT2D eigenvalue weighted by Crippen LogP contribution is -2.26. The largest absolute Gasteiger partial charge is 0.566 e. The molecule has 0 fully saturated rings. The van der Waals surface area contributed by atoms with E-state index in [-0.39, 0.29) is 22.9 Å². The molecule has 4 nitrogen and oxygen atoms in total. The van der Waals surface area contributed by atoms with Crippen LogP contribution in [-0.2, 0) is 31.9 Å². The summed E-state index contributed by atoms with van der Waals surface area (Å²) in [5.74, 6) is 0.301. The normalized spacial score (nSPS) is 14.0. The van der Waals surface area contributed by atoms with Crippen LogP contribution < -0.4 is 4.89 Å². The van der Waals surface area contributed by atoms with Crippen molar-refractivity contribution in [3.63, 3.8) is 0 Å². The first-order valence-corrected chi connectivity index (χ1v) is 9.34. The fraction of sp³-hybridized carbons (Fsp3) is 0.684. The quantitative estimate of drug-likeness (QED) is 0.790. The van der Waals surface area contributed by atoms with Crippen molar-refractivity contribution in [3.05, 3.63) is 28.3 Å². The predicted molar refractivity (Wildman–Crippen MR) is 96.6 cm³/mol. The zero-order valence-corrected chi connectivity index (χ0v) is 17.3. The van der Waals surface area contributed by atoms with Crippen molar-refractivity contribution in [2.75, 3.05) is 0 Å². The minimum Gasteiger partial charge on any atom is -0.566 e. The molecule has 0 saturated heterocycles. The maximum atomic E-state index is 11.0. The number of hydrogen-bond donors (Lipinski definition) is 1. The van der Waals surface area contributed by atoms with Crippen molar-refractivity contribution in [1.82, 2.24) is 0 Å². The minimum atomic E-state index is -2.92. The van der Waals surface area contributed by atoms with Gasteiger partial charge in [0, 0.05) is 5.56 Å². The van der Waals surface area contributed by atoms with E-state index in [2.05, 4.69) is 41.5 Å². The molecule has 136 valence electrons. The Balaban J connectivity index is 3.88. The van der Waals surface area contributed by atoms with Gasteiger partial charge in [0.05, 0.1) is 0 Å². The van der Waals surface area contributed by atoms with Crippen LogP contribution in [0, 0.1) is 0 Å². The van der Waals surface area contributed by atoms with Gasteiger partial charge in [-0.15, -0.1) is 4.52 Å². The van der Waals surface area contributed by atoms with Crippen LogP contribution >= 0.6 is 8.25 Å². The monoisotopic (exact) mass is 354 g/mol. The number of phenolic OH excluding ortho intramolecular Hbond substituents is 1. The topological polar surface area (TPSA) is 69.6 Å². The SMILES string of the molecule is CC(C)(C)c1cc(CO[P+](=O)[O-])c(C(C)(C)C)c(C(C)(C)C)c1O. The number of aromatic hydroxyl groups is 1. The first-order valence-electron chi connectivity index (χ1n) is 8.24. The van der Waals surface area contributed by atoms with Crippen molar-refractivity contribution in [1.29, 1.82) is 0 Å². The standard InChI is InChI=1S/C19H31O4P/c1-17(2,3)13-10-12(11-23-24(21)22)14(18(4,5)6)15(16(13)20)19(7,8)9/h10,20H,11H2,1-9H3. The van der Waals surface area contributed by atoms with Crippen LogP contribution in [0.5, 0.6) is 5.75 Å². The Bertz CT molecular complexity index is 629. The van der Waals surface area contributed by atoms with E-state index < -0.39 is 8.25 Å². The smallest absolute Gasteiger partial charge is 0.488 e. The molecular formula is C19H31O4P. The van der Waals surface area contributed by atoms with E-state index in [1.807, 2.05) is 26.8 Å². The van der Waals surface area contributed by atoms with E-state index in [9.17, 15) is 14.6 Å². The van der Waals surface area contributed by atoms with Crippen molar-refractivity contribution in [3.8, 4) is 5.75 Å². The second-order valence-electron chi connectivity index (χ2n) is 9.43. The molecule has 1 unspecified atom stereocenters. The van der Waals surface area contributed by atoms with E-state index >= 15 is 0 Å². The van der Waals surface area contributed by atoms with Gasteiger partial charge in [0.2, 0.25) is 0 Å². The fourth-order valence-corrected chi connectivity index (χ4v) is 3.37. The molecule has 0 bridgehead atoms. The van der Waals surface area contributed by atoms with Crippen LogP contribution in [0.3, 0.4) is 0 Å². The summed E-state index contributed by atoms with van der Waals surface area (Å²) in [5, 5.41) is 11.0. The highest BCUT2D eigenvalue weighted by atomic mass is 31.1. The Morgan fingerprint density at radius 1 is 0.958 bits per heavy atom. The van der Waals surface area contributed by atoms with E-state index in [4.69, 9.17) is 4.52 Å². The van der Waals surface area contributed by atoms with Crippen molar-refractivity contribution < 1.29 is 19.1 Å². The van der Waals surface area contributed by atoms with Gasteiger partial charge in [-0.05, 0) is 43.6 Å². The van der Waals surface area contributed by atoms with Crippen molar-refractivity contribution in [2.45, 2.75) is 85.2 Å². The molecule has 0 spiro atoms. The Kier molecular flexibility index (Phi) is 5.92. The van der Waals surface area contributed by atoms with Gasteiger partial charge in [0.15, 0.2) is 0 Å². The summed E-state index contributed by atoms with van der Waals surface area (Å²) in [6.07, 6.45) is 0. The molecular weight excluding hydrogens is 323 g/mol. The average molecular weight is 354 g/mol. The van der Waals surface area contributed by atoms with Gasteiger partial charge in [-0.3, -0.25) is 0 Å². The number of hydrogen-bond acceptors (Lipinski definition) is 4. The molecule has 1 N–H and O–H groups in total. The molecule has 5 heteroatoms. The van der Waals surface area contributed by atoms with Gasteiger partial charge in [-0.25, -0.2) is 0 Å². The second kappa shape index (κ2) is 6.74. The molecule has 1 rings (SSSR count). The number of benzene rings is 1. The molecule has 0 amide bonds. The molecule has 24 heavy (non-hydrogen) atoms. The van der Waals surface area contributed by atoms with E-state index in [1.165, 1.54) is 0 Å². The highest BCUT2D eigenvalue weighted by Gasteiger charge is 2.34. The molecule has 1 atom stereocenters. The third kappa shape index (κ3) is 4.78. The molecule has 0 heterocycles. The lowest BCUT2D eigenvalue weighted by atomic mass is 9.70. The molecule has 0 aromatic heterocycles. The van der Waals surface area contributed by atoms with Gasteiger partial charge >= 0.3 is 8.25 Å². The van der Waals surface area contributed by atoms with Crippen molar-refractivity contribution in [2.24, 2.45) is 0 Å². The lowest BCUT2D eigenvalue weighted by Gasteiger charge is -2.35. The first kappa shape index (κ1) is 21.1. The van der Waals surface area contributed by atoms with E-state index in [0.717, 1.165) is 22.3 Å². The van der Waals surface area contributed by atoms with Gasteiger partial charge in [0.1, 0.15) is 12.4 Å². The summed E-state index contributed by atoms with van der Waals surface area (Å²) >= 11 is 0. The Labute approximate surface area is 147 Å². The summed E-state index contributed by atoms with van der Waals surface area (Å²) in [5.41, 5.74) is 2.62. The Hall–Kier alpha value is -0.960. The van der Waals surface area contributed by atoms with Crippen LogP contribution in [0.2, 0.25) is 0 Å². The molecule has 0 saturated carbocycles. The average Bonchev–Trinajstić information content (AvgIpc) is 2.32.